The Balaban J connectivity index is 1.75. The summed E-state index contributed by atoms with van der Waals surface area (Å²) in [6.45, 7) is 0.0527. The van der Waals surface area contributed by atoms with E-state index < -0.39 is 10.8 Å². The van der Waals surface area contributed by atoms with Crippen LogP contribution in [0.1, 0.15) is 16.2 Å². The second-order valence-electron chi connectivity index (χ2n) is 4.95. The number of tetrazole rings is 1. The van der Waals surface area contributed by atoms with Crippen molar-refractivity contribution in [2.75, 3.05) is 0 Å². The Morgan fingerprint density at radius 2 is 2.00 bits per heavy atom. The van der Waals surface area contributed by atoms with Crippen molar-refractivity contribution in [1.29, 1.82) is 0 Å². The van der Waals surface area contributed by atoms with Gasteiger partial charge in [-0.25, -0.2) is 0 Å². The zero-order valence-corrected chi connectivity index (χ0v) is 13.4. The Kier molecular flexibility index (Phi) is 4.66. The molecule has 0 unspecified atom stereocenters. The highest BCUT2D eigenvalue weighted by atomic mass is 35.5. The monoisotopic (exact) mass is 358 g/mol. The Hall–Kier alpha value is -3.33. The molecule has 0 aliphatic carbocycles. The molecule has 0 spiro atoms. The summed E-state index contributed by atoms with van der Waals surface area (Å²) in [5.74, 6) is -0.0783. The standard InChI is InChI=1S/C15H11ClN6O3/c16-12-7-6-10(8-13(12)22(24)25)15(23)17-9-14-18-19-20-21(14)11-4-2-1-3-5-11/h1-8H,9H2,(H,17,23). The Labute approximate surface area is 146 Å². The van der Waals surface area contributed by atoms with Gasteiger partial charge in [0.05, 0.1) is 17.2 Å². The van der Waals surface area contributed by atoms with Gasteiger partial charge in [0.25, 0.3) is 11.6 Å². The smallest absolute Gasteiger partial charge is 0.288 e. The fraction of sp³-hybridized carbons (Fsp3) is 0.0667. The van der Waals surface area contributed by atoms with Gasteiger partial charge >= 0.3 is 0 Å². The molecule has 0 aliphatic heterocycles. The maximum absolute atomic E-state index is 12.2. The lowest BCUT2D eigenvalue weighted by molar-refractivity contribution is -0.384. The number of para-hydroxylation sites is 1. The van der Waals surface area contributed by atoms with Crippen LogP contribution in [0.15, 0.2) is 48.5 Å². The fourth-order valence-corrected chi connectivity index (χ4v) is 2.33. The number of carbonyl (C=O) groups excluding carboxylic acids is 1. The molecule has 0 saturated heterocycles. The maximum Gasteiger partial charge on any atom is 0.288 e. The second-order valence-corrected chi connectivity index (χ2v) is 5.36. The first kappa shape index (κ1) is 16.5. The normalized spacial score (nSPS) is 10.4. The summed E-state index contributed by atoms with van der Waals surface area (Å²) in [7, 11) is 0. The third-order valence-corrected chi connectivity index (χ3v) is 3.67. The zero-order chi connectivity index (χ0) is 17.8. The van der Waals surface area contributed by atoms with E-state index >= 15 is 0 Å². The summed E-state index contributed by atoms with van der Waals surface area (Å²) in [5.41, 5.74) is 0.539. The van der Waals surface area contributed by atoms with Crippen LogP contribution in [0.25, 0.3) is 5.69 Å². The maximum atomic E-state index is 12.2. The molecule has 1 heterocycles. The average Bonchev–Trinajstić information content (AvgIpc) is 3.09. The number of carbonyl (C=O) groups is 1. The molecule has 9 nitrogen and oxygen atoms in total. The Morgan fingerprint density at radius 3 is 2.72 bits per heavy atom. The van der Waals surface area contributed by atoms with Crippen LogP contribution in [-0.4, -0.2) is 31.0 Å². The first-order valence-corrected chi connectivity index (χ1v) is 7.49. The molecule has 126 valence electrons. The van der Waals surface area contributed by atoms with Gasteiger partial charge in [-0.1, -0.05) is 29.8 Å². The summed E-state index contributed by atoms with van der Waals surface area (Å²) in [6, 6.07) is 13.0. The summed E-state index contributed by atoms with van der Waals surface area (Å²) < 4.78 is 1.49. The van der Waals surface area contributed by atoms with Crippen LogP contribution in [-0.2, 0) is 6.54 Å². The topological polar surface area (TPSA) is 116 Å². The second kappa shape index (κ2) is 7.05. The quantitative estimate of drug-likeness (QED) is 0.551. The van der Waals surface area contributed by atoms with E-state index in [9.17, 15) is 14.9 Å². The Bertz CT molecular complexity index is 928. The van der Waals surface area contributed by atoms with Crippen LogP contribution >= 0.6 is 11.6 Å². The van der Waals surface area contributed by atoms with Crippen LogP contribution in [0.3, 0.4) is 0 Å². The van der Waals surface area contributed by atoms with E-state index in [0.717, 1.165) is 11.8 Å². The van der Waals surface area contributed by atoms with Crippen LogP contribution in [0.4, 0.5) is 5.69 Å². The lowest BCUT2D eigenvalue weighted by atomic mass is 10.2. The van der Waals surface area contributed by atoms with Gasteiger partial charge in [0.1, 0.15) is 5.02 Å². The summed E-state index contributed by atoms with van der Waals surface area (Å²) in [4.78, 5) is 22.5. The number of nitrogens with zero attached hydrogens (tertiary/aromatic N) is 5. The number of aromatic nitrogens is 4. The summed E-state index contributed by atoms with van der Waals surface area (Å²) >= 11 is 5.74. The minimum Gasteiger partial charge on any atom is -0.345 e. The minimum absolute atomic E-state index is 0.0328. The number of benzene rings is 2. The van der Waals surface area contributed by atoms with E-state index in [1.807, 2.05) is 30.3 Å². The number of hydrogen-bond donors (Lipinski definition) is 1. The number of hydrogen-bond acceptors (Lipinski definition) is 6. The highest BCUT2D eigenvalue weighted by molar-refractivity contribution is 6.32. The third kappa shape index (κ3) is 3.61. The lowest BCUT2D eigenvalue weighted by Gasteiger charge is -2.06. The van der Waals surface area contributed by atoms with Crippen molar-refractivity contribution >= 4 is 23.2 Å². The molecule has 0 bridgehead atoms. The first-order chi connectivity index (χ1) is 12.1. The van der Waals surface area contributed by atoms with E-state index in [-0.39, 0.29) is 22.8 Å². The molecule has 2 aromatic carbocycles. The van der Waals surface area contributed by atoms with Crippen molar-refractivity contribution in [3.05, 3.63) is 75.1 Å². The molecule has 1 amide bonds. The molecule has 0 radical (unpaired) electrons. The zero-order valence-electron chi connectivity index (χ0n) is 12.7. The lowest BCUT2D eigenvalue weighted by Crippen LogP contribution is -2.24. The fourth-order valence-electron chi connectivity index (χ4n) is 2.14. The van der Waals surface area contributed by atoms with Gasteiger partial charge in [0.2, 0.25) is 0 Å². The van der Waals surface area contributed by atoms with Gasteiger partial charge in [-0.2, -0.15) is 4.68 Å². The molecule has 1 N–H and O–H groups in total. The average molecular weight is 359 g/mol. The van der Waals surface area contributed by atoms with E-state index in [1.165, 1.54) is 16.8 Å². The van der Waals surface area contributed by atoms with Crippen LogP contribution < -0.4 is 5.32 Å². The third-order valence-electron chi connectivity index (χ3n) is 3.35. The molecular formula is C15H11ClN6O3. The van der Waals surface area contributed by atoms with Crippen molar-refractivity contribution < 1.29 is 9.72 Å². The molecule has 0 atom stereocenters. The van der Waals surface area contributed by atoms with Crippen LogP contribution in [0, 0.1) is 10.1 Å². The predicted octanol–water partition coefficient (Wildman–Crippen LogP) is 2.15. The van der Waals surface area contributed by atoms with Gasteiger partial charge in [-0.3, -0.25) is 14.9 Å². The first-order valence-electron chi connectivity index (χ1n) is 7.11. The molecule has 3 rings (SSSR count). The number of nitrogens with one attached hydrogen (secondary N) is 1. The highest BCUT2D eigenvalue weighted by Crippen LogP contribution is 2.25. The van der Waals surface area contributed by atoms with Gasteiger partial charge < -0.3 is 5.32 Å². The molecule has 25 heavy (non-hydrogen) atoms. The minimum atomic E-state index is -0.644. The van der Waals surface area contributed by atoms with Crippen molar-refractivity contribution in [3.63, 3.8) is 0 Å². The molecule has 1 aromatic heterocycles. The van der Waals surface area contributed by atoms with E-state index in [2.05, 4.69) is 20.8 Å². The largest absolute Gasteiger partial charge is 0.345 e. The van der Waals surface area contributed by atoms with Crippen LogP contribution in [0.5, 0.6) is 0 Å². The number of halogens is 1. The van der Waals surface area contributed by atoms with Crippen molar-refractivity contribution in [1.82, 2.24) is 25.5 Å². The van der Waals surface area contributed by atoms with Gasteiger partial charge in [-0.05, 0) is 34.7 Å². The van der Waals surface area contributed by atoms with Crippen molar-refractivity contribution in [3.8, 4) is 5.69 Å². The molecular weight excluding hydrogens is 348 g/mol. The van der Waals surface area contributed by atoms with E-state index in [1.54, 1.807) is 0 Å². The van der Waals surface area contributed by atoms with Crippen molar-refractivity contribution in [2.24, 2.45) is 0 Å². The van der Waals surface area contributed by atoms with Gasteiger partial charge in [-0.15, -0.1) is 5.10 Å². The highest BCUT2D eigenvalue weighted by Gasteiger charge is 2.17. The summed E-state index contributed by atoms with van der Waals surface area (Å²) in [6.07, 6.45) is 0. The number of nitro groups is 1. The predicted molar refractivity (Wildman–Crippen MR) is 88.4 cm³/mol. The molecule has 3 aromatic rings. The van der Waals surface area contributed by atoms with Crippen LogP contribution in [0.2, 0.25) is 5.02 Å². The molecule has 10 heteroatoms. The number of amides is 1. The molecule has 0 fully saturated rings. The Morgan fingerprint density at radius 1 is 1.24 bits per heavy atom. The number of rotatable bonds is 5. The van der Waals surface area contributed by atoms with Gasteiger partial charge in [0.15, 0.2) is 5.82 Å². The molecule has 0 aliphatic rings. The SMILES string of the molecule is O=C(NCc1nnnn1-c1ccccc1)c1ccc(Cl)c([N+](=O)[O-])c1. The van der Waals surface area contributed by atoms with Crippen molar-refractivity contribution in [2.45, 2.75) is 6.54 Å². The number of nitro benzene ring substituents is 1. The van der Waals surface area contributed by atoms with Gasteiger partial charge in [0, 0.05) is 11.6 Å². The van der Waals surface area contributed by atoms with E-state index in [0.29, 0.717) is 5.82 Å². The molecule has 0 saturated carbocycles. The summed E-state index contributed by atoms with van der Waals surface area (Å²) in [5, 5.41) is 24.9. The van der Waals surface area contributed by atoms with E-state index in [4.69, 9.17) is 11.6 Å².